The molecule has 4 aromatic rings. The minimum atomic E-state index is -3.24. The summed E-state index contributed by atoms with van der Waals surface area (Å²) in [7, 11) is -3.24. The second-order valence-electron chi connectivity index (χ2n) is 7.71. The Bertz CT molecular complexity index is 1360. The largest absolute Gasteiger partial charge is 0.378 e. The lowest BCUT2D eigenvalue weighted by atomic mass is 10.2. The molecule has 3 heterocycles. The zero-order valence-electron chi connectivity index (χ0n) is 17.6. The van der Waals surface area contributed by atoms with Crippen LogP contribution in [0.3, 0.4) is 0 Å². The molecule has 164 valence electrons. The van der Waals surface area contributed by atoms with Gasteiger partial charge < -0.3 is 15.0 Å². The summed E-state index contributed by atoms with van der Waals surface area (Å²) < 4.78 is 30.7. The topological polar surface area (TPSA) is 88.8 Å². The molecular weight excluding hydrogens is 426 g/mol. The monoisotopic (exact) mass is 449 g/mol. The normalized spacial score (nSPS) is 14.6. The van der Waals surface area contributed by atoms with Crippen molar-refractivity contribution in [3.8, 4) is 11.3 Å². The van der Waals surface area contributed by atoms with E-state index in [9.17, 15) is 8.42 Å². The molecule has 0 bridgehead atoms. The highest BCUT2D eigenvalue weighted by atomic mass is 32.2. The highest BCUT2D eigenvalue weighted by Crippen LogP contribution is 2.25. The second-order valence-corrected chi connectivity index (χ2v) is 9.72. The number of benzene rings is 2. The third-order valence-corrected chi connectivity index (χ3v) is 6.58. The molecule has 0 atom stereocenters. The van der Waals surface area contributed by atoms with Gasteiger partial charge in [0, 0.05) is 36.3 Å². The summed E-state index contributed by atoms with van der Waals surface area (Å²) in [5, 5.41) is 7.96. The van der Waals surface area contributed by atoms with E-state index in [1.807, 2.05) is 24.3 Å². The first kappa shape index (κ1) is 20.5. The molecule has 0 amide bonds. The van der Waals surface area contributed by atoms with Crippen molar-refractivity contribution in [2.45, 2.75) is 4.90 Å². The molecular formula is C23H23N5O3S. The Morgan fingerprint density at radius 3 is 2.53 bits per heavy atom. The van der Waals surface area contributed by atoms with Crippen molar-refractivity contribution in [1.29, 1.82) is 0 Å². The lowest BCUT2D eigenvalue weighted by molar-refractivity contribution is 0.122. The van der Waals surface area contributed by atoms with Crippen molar-refractivity contribution in [2.75, 3.05) is 42.8 Å². The van der Waals surface area contributed by atoms with Gasteiger partial charge in [0.25, 0.3) is 0 Å². The maximum Gasteiger partial charge on any atom is 0.245 e. The molecule has 0 radical (unpaired) electrons. The maximum absolute atomic E-state index is 11.7. The van der Waals surface area contributed by atoms with Gasteiger partial charge in [-0.05, 0) is 42.5 Å². The summed E-state index contributed by atoms with van der Waals surface area (Å²) in [5.74, 6) is 0.474. The third-order valence-electron chi connectivity index (χ3n) is 5.46. The quantitative estimate of drug-likeness (QED) is 0.500. The smallest absolute Gasteiger partial charge is 0.245 e. The molecule has 1 aliphatic heterocycles. The lowest BCUT2D eigenvalue weighted by Crippen LogP contribution is -2.36. The SMILES string of the molecule is CS(=O)(=O)c1ccc(-c2ccc3cnc(Nc4cccc(N5CCOCC5)c4)nn23)cc1. The number of rotatable bonds is 5. The van der Waals surface area contributed by atoms with Gasteiger partial charge in [-0.15, -0.1) is 5.10 Å². The Balaban J connectivity index is 1.43. The van der Waals surface area contributed by atoms with E-state index in [-0.39, 0.29) is 0 Å². The van der Waals surface area contributed by atoms with Crippen molar-refractivity contribution < 1.29 is 13.2 Å². The van der Waals surface area contributed by atoms with Crippen LogP contribution in [0.4, 0.5) is 17.3 Å². The van der Waals surface area contributed by atoms with E-state index in [0.717, 1.165) is 54.5 Å². The van der Waals surface area contributed by atoms with Crippen LogP contribution < -0.4 is 10.2 Å². The van der Waals surface area contributed by atoms with E-state index < -0.39 is 9.84 Å². The molecule has 32 heavy (non-hydrogen) atoms. The standard InChI is InChI=1S/C23H23N5O3S/c1-32(29,30)21-8-5-17(6-9-21)22-10-7-20-16-24-23(26-28(20)22)25-18-3-2-4-19(15-18)27-11-13-31-14-12-27/h2-10,15-16H,11-14H2,1H3,(H,25,26). The van der Waals surface area contributed by atoms with Crippen molar-refractivity contribution in [3.05, 3.63) is 66.9 Å². The first-order valence-corrected chi connectivity index (χ1v) is 12.2. The summed E-state index contributed by atoms with van der Waals surface area (Å²) in [4.78, 5) is 7.03. The zero-order valence-corrected chi connectivity index (χ0v) is 18.4. The number of fused-ring (bicyclic) bond motifs is 1. The number of nitrogens with one attached hydrogen (secondary N) is 1. The summed E-state index contributed by atoms with van der Waals surface area (Å²) >= 11 is 0. The van der Waals surface area contributed by atoms with Crippen LogP contribution in [0.2, 0.25) is 0 Å². The van der Waals surface area contributed by atoms with Crippen LogP contribution in [-0.2, 0) is 14.6 Å². The molecule has 0 unspecified atom stereocenters. The van der Waals surface area contributed by atoms with Gasteiger partial charge in [-0.3, -0.25) is 0 Å². The molecule has 0 saturated carbocycles. The minimum Gasteiger partial charge on any atom is -0.378 e. The fourth-order valence-corrected chi connectivity index (χ4v) is 4.41. The Morgan fingerprint density at radius 2 is 1.78 bits per heavy atom. The molecule has 5 rings (SSSR count). The Morgan fingerprint density at radius 1 is 1.00 bits per heavy atom. The molecule has 0 aliphatic carbocycles. The van der Waals surface area contributed by atoms with Crippen LogP contribution in [0.25, 0.3) is 16.8 Å². The number of sulfone groups is 1. The average Bonchev–Trinajstić information content (AvgIpc) is 3.23. The predicted octanol–water partition coefficient (Wildman–Crippen LogP) is 3.38. The molecule has 1 N–H and O–H groups in total. The summed E-state index contributed by atoms with van der Waals surface area (Å²) in [5.41, 5.74) is 4.61. The third kappa shape index (κ3) is 4.17. The molecule has 0 spiro atoms. The van der Waals surface area contributed by atoms with Gasteiger partial charge in [0.1, 0.15) is 0 Å². The van der Waals surface area contributed by atoms with E-state index >= 15 is 0 Å². The van der Waals surface area contributed by atoms with Crippen LogP contribution in [0.1, 0.15) is 0 Å². The van der Waals surface area contributed by atoms with E-state index in [0.29, 0.717) is 10.8 Å². The number of morpholine rings is 1. The van der Waals surface area contributed by atoms with E-state index in [1.165, 1.54) is 6.26 Å². The van der Waals surface area contributed by atoms with Crippen LogP contribution in [0, 0.1) is 0 Å². The fraction of sp³-hybridized carbons (Fsp3) is 0.217. The van der Waals surface area contributed by atoms with E-state index in [2.05, 4.69) is 32.4 Å². The first-order valence-electron chi connectivity index (χ1n) is 10.3. The highest BCUT2D eigenvalue weighted by molar-refractivity contribution is 7.90. The second kappa shape index (κ2) is 8.25. The van der Waals surface area contributed by atoms with E-state index in [4.69, 9.17) is 4.74 Å². The van der Waals surface area contributed by atoms with Crippen LogP contribution >= 0.6 is 0 Å². The first-order chi connectivity index (χ1) is 15.5. The molecule has 2 aromatic carbocycles. The summed E-state index contributed by atoms with van der Waals surface area (Å²) in [6, 6.07) is 18.9. The van der Waals surface area contributed by atoms with Crippen molar-refractivity contribution in [3.63, 3.8) is 0 Å². The van der Waals surface area contributed by atoms with E-state index in [1.54, 1.807) is 35.0 Å². The van der Waals surface area contributed by atoms with Crippen molar-refractivity contribution in [1.82, 2.24) is 14.6 Å². The minimum absolute atomic E-state index is 0.291. The molecule has 1 saturated heterocycles. The number of aromatic nitrogens is 3. The van der Waals surface area contributed by atoms with Gasteiger partial charge in [-0.25, -0.2) is 17.9 Å². The number of anilines is 3. The Hall–Kier alpha value is -3.43. The number of nitrogens with zero attached hydrogens (tertiary/aromatic N) is 4. The van der Waals surface area contributed by atoms with Crippen LogP contribution in [0.5, 0.6) is 0 Å². The molecule has 1 fully saturated rings. The summed E-state index contributed by atoms with van der Waals surface area (Å²) in [6.45, 7) is 3.21. The van der Waals surface area contributed by atoms with Gasteiger partial charge in [0.15, 0.2) is 9.84 Å². The molecule has 2 aromatic heterocycles. The molecule has 1 aliphatic rings. The molecule has 8 nitrogen and oxygen atoms in total. The van der Waals surface area contributed by atoms with Gasteiger partial charge in [0.2, 0.25) is 5.95 Å². The number of hydrogen-bond donors (Lipinski definition) is 1. The lowest BCUT2D eigenvalue weighted by Gasteiger charge is -2.29. The van der Waals surface area contributed by atoms with Gasteiger partial charge in [-0.2, -0.15) is 0 Å². The summed E-state index contributed by atoms with van der Waals surface area (Å²) in [6.07, 6.45) is 2.96. The van der Waals surface area contributed by atoms with Gasteiger partial charge in [-0.1, -0.05) is 18.2 Å². The average molecular weight is 450 g/mol. The van der Waals surface area contributed by atoms with Crippen LogP contribution in [-0.4, -0.2) is 55.6 Å². The van der Waals surface area contributed by atoms with Crippen molar-refractivity contribution in [2.24, 2.45) is 0 Å². The number of hydrogen-bond acceptors (Lipinski definition) is 7. The maximum atomic E-state index is 11.7. The number of ether oxygens (including phenoxy) is 1. The van der Waals surface area contributed by atoms with Gasteiger partial charge >= 0.3 is 0 Å². The van der Waals surface area contributed by atoms with Gasteiger partial charge in [0.05, 0.1) is 35.5 Å². The van der Waals surface area contributed by atoms with Crippen molar-refractivity contribution >= 4 is 32.7 Å². The highest BCUT2D eigenvalue weighted by Gasteiger charge is 2.13. The fourth-order valence-electron chi connectivity index (χ4n) is 3.78. The predicted molar refractivity (Wildman–Crippen MR) is 124 cm³/mol. The Kier molecular flexibility index (Phi) is 5.28. The van der Waals surface area contributed by atoms with Crippen LogP contribution in [0.15, 0.2) is 71.8 Å². The zero-order chi connectivity index (χ0) is 22.1. The molecule has 9 heteroatoms. The Labute approximate surface area is 186 Å².